The summed E-state index contributed by atoms with van der Waals surface area (Å²) in [6, 6.07) is 4.27. The maximum absolute atomic E-state index is 12.0. The van der Waals surface area contributed by atoms with Crippen molar-refractivity contribution < 1.29 is 14.7 Å². The lowest BCUT2D eigenvalue weighted by atomic mass is 10.1. The monoisotopic (exact) mass is 391 g/mol. The molecule has 6 heteroatoms. The number of aliphatic carboxylic acids is 1. The molecule has 0 aliphatic carbocycles. The summed E-state index contributed by atoms with van der Waals surface area (Å²) in [5, 5.41) is 11.6. The lowest BCUT2D eigenvalue weighted by Gasteiger charge is -2.14. The molecule has 0 heterocycles. The van der Waals surface area contributed by atoms with Crippen LogP contribution in [0.1, 0.15) is 36.5 Å². The third kappa shape index (κ3) is 5.32. The number of hydrogen-bond donors (Lipinski definition) is 2. The zero-order valence-electron chi connectivity index (χ0n) is 10.5. The second kappa shape index (κ2) is 7.65. The lowest BCUT2D eigenvalue weighted by Crippen LogP contribution is -2.40. The number of unbranched alkanes of at least 4 members (excludes halogenated alkanes) is 1. The summed E-state index contributed by atoms with van der Waals surface area (Å²) in [5.41, 5.74) is 0.420. The Bertz CT molecular complexity index is 457. The van der Waals surface area contributed by atoms with Crippen LogP contribution in [-0.4, -0.2) is 23.0 Å². The van der Waals surface area contributed by atoms with Crippen molar-refractivity contribution in [3.8, 4) is 0 Å². The van der Waals surface area contributed by atoms with Crippen LogP contribution in [0.25, 0.3) is 0 Å². The molecule has 1 rings (SSSR count). The highest BCUT2D eigenvalue weighted by Gasteiger charge is 2.20. The van der Waals surface area contributed by atoms with Crippen LogP contribution in [0.5, 0.6) is 0 Å². The van der Waals surface area contributed by atoms with E-state index in [9.17, 15) is 9.59 Å². The highest BCUT2D eigenvalue weighted by atomic mass is 79.9. The van der Waals surface area contributed by atoms with Crippen LogP contribution in [0.3, 0.4) is 0 Å². The van der Waals surface area contributed by atoms with E-state index < -0.39 is 12.0 Å². The minimum Gasteiger partial charge on any atom is -0.480 e. The van der Waals surface area contributed by atoms with Gasteiger partial charge in [-0.25, -0.2) is 4.79 Å². The molecule has 0 saturated carbocycles. The molecule has 4 nitrogen and oxygen atoms in total. The summed E-state index contributed by atoms with van der Waals surface area (Å²) in [5.74, 6) is -1.39. The zero-order valence-corrected chi connectivity index (χ0v) is 13.6. The third-order valence-electron chi connectivity index (χ3n) is 2.57. The van der Waals surface area contributed by atoms with Gasteiger partial charge in [0.2, 0.25) is 0 Å². The summed E-state index contributed by atoms with van der Waals surface area (Å²) in [6.07, 6.45) is 2.09. The van der Waals surface area contributed by atoms with Crippen LogP contribution >= 0.6 is 31.9 Å². The van der Waals surface area contributed by atoms with E-state index >= 15 is 0 Å². The van der Waals surface area contributed by atoms with Crippen molar-refractivity contribution in [3.63, 3.8) is 0 Å². The normalized spacial score (nSPS) is 11.9. The standard InChI is InChI=1S/C13H15Br2NO3/c1-2-3-4-11(13(18)19)16-12(17)8-5-9(14)7-10(15)6-8/h5-7,11H,2-4H2,1H3,(H,16,17)(H,18,19)/t11-/m0/s1. The number of carbonyl (C=O) groups excluding carboxylic acids is 1. The van der Waals surface area contributed by atoms with E-state index in [1.54, 1.807) is 12.1 Å². The van der Waals surface area contributed by atoms with Gasteiger partial charge in [0.1, 0.15) is 6.04 Å². The van der Waals surface area contributed by atoms with E-state index in [1.165, 1.54) is 0 Å². The van der Waals surface area contributed by atoms with Gasteiger partial charge in [-0.2, -0.15) is 0 Å². The van der Waals surface area contributed by atoms with Crippen molar-refractivity contribution in [3.05, 3.63) is 32.7 Å². The predicted octanol–water partition coefficient (Wildman–Crippen LogP) is 3.58. The summed E-state index contributed by atoms with van der Waals surface area (Å²) >= 11 is 6.58. The summed E-state index contributed by atoms with van der Waals surface area (Å²) in [7, 11) is 0. The Kier molecular flexibility index (Phi) is 6.51. The second-order valence-electron chi connectivity index (χ2n) is 4.16. The van der Waals surface area contributed by atoms with Crippen LogP contribution in [-0.2, 0) is 4.79 Å². The predicted molar refractivity (Wildman–Crippen MR) is 80.3 cm³/mol. The van der Waals surface area contributed by atoms with Gasteiger partial charge < -0.3 is 10.4 Å². The maximum Gasteiger partial charge on any atom is 0.326 e. The molecule has 1 amide bonds. The van der Waals surface area contributed by atoms with Gasteiger partial charge >= 0.3 is 5.97 Å². The number of nitrogens with one attached hydrogen (secondary N) is 1. The molecule has 1 aromatic rings. The Morgan fingerprint density at radius 1 is 1.26 bits per heavy atom. The first-order valence-electron chi connectivity index (χ1n) is 5.93. The fourth-order valence-corrected chi connectivity index (χ4v) is 2.89. The largest absolute Gasteiger partial charge is 0.480 e. The van der Waals surface area contributed by atoms with Gasteiger partial charge in [0.15, 0.2) is 0 Å². The summed E-state index contributed by atoms with van der Waals surface area (Å²) < 4.78 is 1.51. The van der Waals surface area contributed by atoms with Crippen LogP contribution in [0.2, 0.25) is 0 Å². The fourth-order valence-electron chi connectivity index (χ4n) is 1.59. The molecule has 19 heavy (non-hydrogen) atoms. The second-order valence-corrected chi connectivity index (χ2v) is 6.00. The van der Waals surface area contributed by atoms with Crippen molar-refractivity contribution in [2.75, 3.05) is 0 Å². The Morgan fingerprint density at radius 2 is 1.84 bits per heavy atom. The Labute approximate surface area is 128 Å². The van der Waals surface area contributed by atoms with Gasteiger partial charge in [-0.1, -0.05) is 51.6 Å². The number of carbonyl (C=O) groups is 2. The van der Waals surface area contributed by atoms with E-state index in [4.69, 9.17) is 5.11 Å². The van der Waals surface area contributed by atoms with Gasteiger partial charge in [0.05, 0.1) is 0 Å². The van der Waals surface area contributed by atoms with Gasteiger partial charge in [0.25, 0.3) is 5.91 Å². The van der Waals surface area contributed by atoms with Crippen molar-refractivity contribution in [2.45, 2.75) is 32.2 Å². The Hall–Kier alpha value is -0.880. The molecule has 0 radical (unpaired) electrons. The molecule has 0 spiro atoms. The van der Waals surface area contributed by atoms with Crippen molar-refractivity contribution in [2.24, 2.45) is 0 Å². The van der Waals surface area contributed by atoms with Crippen LogP contribution < -0.4 is 5.32 Å². The average Bonchev–Trinajstić information content (AvgIpc) is 2.32. The number of benzene rings is 1. The molecular weight excluding hydrogens is 378 g/mol. The molecule has 104 valence electrons. The first-order valence-corrected chi connectivity index (χ1v) is 7.52. The van der Waals surface area contributed by atoms with Crippen LogP contribution in [0.4, 0.5) is 0 Å². The minimum atomic E-state index is -1.00. The van der Waals surface area contributed by atoms with Gasteiger partial charge in [-0.15, -0.1) is 0 Å². The van der Waals surface area contributed by atoms with Crippen LogP contribution in [0.15, 0.2) is 27.1 Å². The SMILES string of the molecule is CCCC[C@H](NC(=O)c1cc(Br)cc(Br)c1)C(=O)O. The molecule has 0 aliphatic rings. The Morgan fingerprint density at radius 3 is 2.32 bits per heavy atom. The molecule has 0 aromatic heterocycles. The molecule has 0 unspecified atom stereocenters. The van der Waals surface area contributed by atoms with E-state index in [0.29, 0.717) is 12.0 Å². The highest BCUT2D eigenvalue weighted by molar-refractivity contribution is 9.11. The molecule has 0 aliphatic heterocycles. The highest BCUT2D eigenvalue weighted by Crippen LogP contribution is 2.20. The maximum atomic E-state index is 12.0. The van der Waals surface area contributed by atoms with E-state index in [2.05, 4.69) is 37.2 Å². The molecular formula is C13H15Br2NO3. The van der Waals surface area contributed by atoms with Crippen molar-refractivity contribution >= 4 is 43.7 Å². The van der Waals surface area contributed by atoms with Gasteiger partial charge in [-0.05, 0) is 24.6 Å². The molecule has 0 bridgehead atoms. The van der Waals surface area contributed by atoms with Gasteiger partial charge in [0, 0.05) is 14.5 Å². The smallest absolute Gasteiger partial charge is 0.326 e. The number of carboxylic acids is 1. The quantitative estimate of drug-likeness (QED) is 0.777. The summed E-state index contributed by atoms with van der Waals surface area (Å²) in [4.78, 5) is 23.1. The van der Waals surface area contributed by atoms with Crippen LogP contribution in [0, 0.1) is 0 Å². The molecule has 1 aromatic carbocycles. The van der Waals surface area contributed by atoms with E-state index in [-0.39, 0.29) is 5.91 Å². The number of hydrogen-bond acceptors (Lipinski definition) is 2. The first kappa shape index (κ1) is 16.2. The number of amides is 1. The molecule has 0 fully saturated rings. The lowest BCUT2D eigenvalue weighted by molar-refractivity contribution is -0.139. The van der Waals surface area contributed by atoms with Crippen molar-refractivity contribution in [1.82, 2.24) is 5.32 Å². The summed E-state index contributed by atoms with van der Waals surface area (Å²) in [6.45, 7) is 1.98. The number of rotatable bonds is 6. The van der Waals surface area contributed by atoms with Gasteiger partial charge in [-0.3, -0.25) is 4.79 Å². The van der Waals surface area contributed by atoms with E-state index in [1.807, 2.05) is 13.0 Å². The number of halogens is 2. The van der Waals surface area contributed by atoms with Crippen molar-refractivity contribution in [1.29, 1.82) is 0 Å². The zero-order chi connectivity index (χ0) is 14.4. The topological polar surface area (TPSA) is 66.4 Å². The fraction of sp³-hybridized carbons (Fsp3) is 0.385. The average molecular weight is 393 g/mol. The van der Waals surface area contributed by atoms with E-state index in [0.717, 1.165) is 21.8 Å². The molecule has 2 N–H and O–H groups in total. The Balaban J connectivity index is 2.78. The third-order valence-corrected chi connectivity index (χ3v) is 3.49. The molecule has 0 saturated heterocycles. The first-order chi connectivity index (χ1) is 8.93. The minimum absolute atomic E-state index is 0.384. The number of carboxylic acid groups (broad SMARTS) is 1. The molecule has 1 atom stereocenters.